The van der Waals surface area contributed by atoms with Crippen molar-refractivity contribution < 1.29 is 4.79 Å². The van der Waals surface area contributed by atoms with E-state index < -0.39 is 0 Å². The summed E-state index contributed by atoms with van der Waals surface area (Å²) in [5.41, 5.74) is 4.53. The molecule has 0 radical (unpaired) electrons. The highest BCUT2D eigenvalue weighted by atomic mass is 16.2. The summed E-state index contributed by atoms with van der Waals surface area (Å²) in [7, 11) is 0. The Bertz CT molecular complexity index is 823. The molecular formula is C20H23N3O. The molecule has 0 unspecified atom stereocenters. The molecule has 4 nitrogen and oxygen atoms in total. The minimum Gasteiger partial charge on any atom is -0.359 e. The van der Waals surface area contributed by atoms with Crippen LogP contribution in [0, 0.1) is 6.92 Å². The molecule has 3 aromatic rings. The van der Waals surface area contributed by atoms with Crippen molar-refractivity contribution in [1.29, 1.82) is 0 Å². The number of nitrogens with zero attached hydrogens (tertiary/aromatic N) is 2. The standard InChI is InChI=1S/C20H23N3O/c1-3-23(11-8-16-6-9-21-10-7-16)20(24)14-17-4-5-19-18(13-17)12-15(2)22-19/h4-7,9-10,12-13,22H,3,8,11,14H2,1-2H3. The normalized spacial score (nSPS) is 10.9. The van der Waals surface area contributed by atoms with Gasteiger partial charge in [0, 0.05) is 36.7 Å². The van der Waals surface area contributed by atoms with E-state index in [1.807, 2.05) is 36.9 Å². The Hall–Kier alpha value is -2.62. The minimum absolute atomic E-state index is 0.179. The second-order valence-electron chi connectivity index (χ2n) is 6.13. The summed E-state index contributed by atoms with van der Waals surface area (Å²) in [6, 6.07) is 12.3. The van der Waals surface area contributed by atoms with Crippen molar-refractivity contribution in [3.05, 3.63) is 65.6 Å². The largest absolute Gasteiger partial charge is 0.359 e. The van der Waals surface area contributed by atoms with Gasteiger partial charge >= 0.3 is 0 Å². The van der Waals surface area contributed by atoms with E-state index in [9.17, 15) is 4.79 Å². The van der Waals surface area contributed by atoms with E-state index in [-0.39, 0.29) is 5.91 Å². The number of nitrogens with one attached hydrogen (secondary N) is 1. The van der Waals surface area contributed by atoms with Crippen molar-refractivity contribution >= 4 is 16.8 Å². The number of carbonyl (C=O) groups is 1. The molecule has 2 aromatic heterocycles. The van der Waals surface area contributed by atoms with Gasteiger partial charge in [0.2, 0.25) is 5.91 Å². The van der Waals surface area contributed by atoms with Crippen LogP contribution in [0.15, 0.2) is 48.8 Å². The zero-order chi connectivity index (χ0) is 16.9. The number of hydrogen-bond donors (Lipinski definition) is 1. The van der Waals surface area contributed by atoms with Crippen LogP contribution in [0.5, 0.6) is 0 Å². The quantitative estimate of drug-likeness (QED) is 0.755. The third-order valence-corrected chi connectivity index (χ3v) is 4.33. The van der Waals surface area contributed by atoms with Crippen molar-refractivity contribution in [3.8, 4) is 0 Å². The molecule has 1 amide bonds. The Morgan fingerprint density at radius 1 is 1.12 bits per heavy atom. The van der Waals surface area contributed by atoms with Gasteiger partial charge in [0.25, 0.3) is 0 Å². The molecule has 3 rings (SSSR count). The van der Waals surface area contributed by atoms with E-state index in [0.717, 1.165) is 41.7 Å². The summed E-state index contributed by atoms with van der Waals surface area (Å²) >= 11 is 0. The molecule has 0 aliphatic heterocycles. The number of aromatic amines is 1. The molecule has 4 heteroatoms. The van der Waals surface area contributed by atoms with E-state index in [4.69, 9.17) is 0 Å². The zero-order valence-corrected chi connectivity index (χ0v) is 14.2. The molecule has 0 spiro atoms. The van der Waals surface area contributed by atoms with Gasteiger partial charge in [-0.3, -0.25) is 9.78 Å². The number of aromatic nitrogens is 2. The van der Waals surface area contributed by atoms with E-state index in [0.29, 0.717) is 6.42 Å². The molecule has 0 saturated heterocycles. The number of carbonyl (C=O) groups excluding carboxylic acids is 1. The number of H-pyrrole nitrogens is 1. The maximum atomic E-state index is 12.6. The van der Waals surface area contributed by atoms with Crippen LogP contribution >= 0.6 is 0 Å². The van der Waals surface area contributed by atoms with Gasteiger partial charge in [-0.25, -0.2) is 0 Å². The first kappa shape index (κ1) is 16.2. The van der Waals surface area contributed by atoms with E-state index in [2.05, 4.69) is 28.2 Å². The zero-order valence-electron chi connectivity index (χ0n) is 14.2. The SMILES string of the molecule is CCN(CCc1ccncc1)C(=O)Cc1ccc2[nH]c(C)cc2c1. The summed E-state index contributed by atoms with van der Waals surface area (Å²) in [5.74, 6) is 0.179. The summed E-state index contributed by atoms with van der Waals surface area (Å²) < 4.78 is 0. The highest BCUT2D eigenvalue weighted by Crippen LogP contribution is 2.17. The van der Waals surface area contributed by atoms with Crippen LogP contribution in [0.25, 0.3) is 10.9 Å². The number of hydrogen-bond acceptors (Lipinski definition) is 2. The molecule has 2 heterocycles. The van der Waals surface area contributed by atoms with Gasteiger partial charge in [-0.05, 0) is 67.1 Å². The molecule has 1 N–H and O–H groups in total. The van der Waals surface area contributed by atoms with Gasteiger partial charge in [-0.15, -0.1) is 0 Å². The van der Waals surface area contributed by atoms with E-state index in [1.54, 1.807) is 12.4 Å². The fourth-order valence-corrected chi connectivity index (χ4v) is 3.00. The first-order chi connectivity index (χ1) is 11.7. The summed E-state index contributed by atoms with van der Waals surface area (Å²) in [4.78, 5) is 21.9. The predicted molar refractivity (Wildman–Crippen MR) is 96.9 cm³/mol. The van der Waals surface area contributed by atoms with Gasteiger partial charge in [-0.2, -0.15) is 0 Å². The third kappa shape index (κ3) is 3.82. The lowest BCUT2D eigenvalue weighted by Gasteiger charge is -2.21. The Kier molecular flexibility index (Phi) is 4.94. The fraction of sp³-hybridized carbons (Fsp3) is 0.300. The van der Waals surface area contributed by atoms with Crippen molar-refractivity contribution in [2.24, 2.45) is 0 Å². The number of rotatable bonds is 6. The maximum absolute atomic E-state index is 12.6. The molecule has 1 aromatic carbocycles. The first-order valence-corrected chi connectivity index (χ1v) is 8.40. The average molecular weight is 321 g/mol. The number of pyridine rings is 1. The lowest BCUT2D eigenvalue weighted by Crippen LogP contribution is -2.33. The summed E-state index contributed by atoms with van der Waals surface area (Å²) in [6.07, 6.45) is 4.89. The van der Waals surface area contributed by atoms with E-state index in [1.165, 1.54) is 5.56 Å². The number of benzene rings is 1. The molecular weight excluding hydrogens is 298 g/mol. The lowest BCUT2D eigenvalue weighted by molar-refractivity contribution is -0.130. The predicted octanol–water partition coefficient (Wildman–Crippen LogP) is 3.51. The molecule has 0 saturated carbocycles. The van der Waals surface area contributed by atoms with Gasteiger partial charge in [0.1, 0.15) is 0 Å². The number of aryl methyl sites for hydroxylation is 1. The topological polar surface area (TPSA) is 49.0 Å². The Balaban J connectivity index is 1.64. The molecule has 0 aliphatic rings. The van der Waals surface area contributed by atoms with Crippen molar-refractivity contribution in [1.82, 2.24) is 14.9 Å². The van der Waals surface area contributed by atoms with Crippen molar-refractivity contribution in [3.63, 3.8) is 0 Å². The molecule has 124 valence electrons. The van der Waals surface area contributed by atoms with Crippen LogP contribution in [0.2, 0.25) is 0 Å². The van der Waals surface area contributed by atoms with Gasteiger partial charge < -0.3 is 9.88 Å². The van der Waals surface area contributed by atoms with Crippen LogP contribution in [0.4, 0.5) is 0 Å². The Morgan fingerprint density at radius 3 is 2.67 bits per heavy atom. The van der Waals surface area contributed by atoms with Crippen molar-refractivity contribution in [2.45, 2.75) is 26.7 Å². The second-order valence-corrected chi connectivity index (χ2v) is 6.13. The maximum Gasteiger partial charge on any atom is 0.226 e. The first-order valence-electron chi connectivity index (χ1n) is 8.40. The molecule has 0 aliphatic carbocycles. The second kappa shape index (κ2) is 7.30. The molecule has 0 atom stereocenters. The van der Waals surface area contributed by atoms with Gasteiger partial charge in [0.05, 0.1) is 6.42 Å². The third-order valence-electron chi connectivity index (χ3n) is 4.33. The molecule has 24 heavy (non-hydrogen) atoms. The fourth-order valence-electron chi connectivity index (χ4n) is 3.00. The summed E-state index contributed by atoms with van der Waals surface area (Å²) in [6.45, 7) is 5.55. The lowest BCUT2D eigenvalue weighted by atomic mass is 10.1. The van der Waals surface area contributed by atoms with Gasteiger partial charge in [0.15, 0.2) is 0 Å². The van der Waals surface area contributed by atoms with E-state index >= 15 is 0 Å². The number of fused-ring (bicyclic) bond motifs is 1. The summed E-state index contributed by atoms with van der Waals surface area (Å²) in [5, 5.41) is 1.16. The van der Waals surface area contributed by atoms with Gasteiger partial charge in [-0.1, -0.05) is 6.07 Å². The van der Waals surface area contributed by atoms with Crippen LogP contribution in [0.1, 0.15) is 23.7 Å². The number of amides is 1. The van der Waals surface area contributed by atoms with Crippen LogP contribution in [-0.4, -0.2) is 33.9 Å². The average Bonchev–Trinajstić information content (AvgIpc) is 2.95. The monoisotopic (exact) mass is 321 g/mol. The Labute approximate surface area is 142 Å². The number of likely N-dealkylation sites (N-methyl/N-ethyl adjacent to an activating group) is 1. The van der Waals surface area contributed by atoms with Crippen LogP contribution in [-0.2, 0) is 17.6 Å². The highest BCUT2D eigenvalue weighted by molar-refractivity contribution is 5.84. The highest BCUT2D eigenvalue weighted by Gasteiger charge is 2.13. The van der Waals surface area contributed by atoms with Crippen LogP contribution < -0.4 is 0 Å². The Morgan fingerprint density at radius 2 is 1.92 bits per heavy atom. The van der Waals surface area contributed by atoms with Crippen molar-refractivity contribution in [2.75, 3.05) is 13.1 Å². The molecule has 0 bridgehead atoms. The molecule has 0 fully saturated rings. The smallest absolute Gasteiger partial charge is 0.226 e. The minimum atomic E-state index is 0.179. The van der Waals surface area contributed by atoms with Crippen LogP contribution in [0.3, 0.4) is 0 Å².